The Balaban J connectivity index is 0.000000704. The van der Waals surface area contributed by atoms with E-state index in [0.717, 1.165) is 11.9 Å². The lowest BCUT2D eigenvalue weighted by Crippen LogP contribution is -2.41. The summed E-state index contributed by atoms with van der Waals surface area (Å²) in [6.45, 7) is 8.33. The van der Waals surface area contributed by atoms with Gasteiger partial charge in [-0.2, -0.15) is 0 Å². The lowest BCUT2D eigenvalue weighted by molar-refractivity contribution is 0.00578. The fourth-order valence-electron chi connectivity index (χ4n) is 2.15. The van der Waals surface area contributed by atoms with Crippen LogP contribution in [0.25, 0.3) is 5.57 Å². The average Bonchev–Trinajstić information content (AvgIpc) is 3.21. The molecule has 0 amide bonds. The van der Waals surface area contributed by atoms with Crippen molar-refractivity contribution in [1.82, 2.24) is 0 Å². The highest BCUT2D eigenvalue weighted by molar-refractivity contribution is 6.62. The molecule has 1 fully saturated rings. The maximum Gasteiger partial charge on any atom is 0.494 e. The summed E-state index contributed by atoms with van der Waals surface area (Å²) in [5.74, 6) is 0. The minimum absolute atomic E-state index is 0.255. The van der Waals surface area contributed by atoms with Crippen LogP contribution in [0.4, 0.5) is 0 Å². The Hall–Kier alpha value is -1.10. The molecule has 1 aromatic rings. The second kappa shape index (κ2) is 5.36. The van der Waals surface area contributed by atoms with Crippen molar-refractivity contribution in [3.05, 3.63) is 35.9 Å². The van der Waals surface area contributed by atoms with E-state index in [-0.39, 0.29) is 18.3 Å². The molecule has 0 unspecified atom stereocenters. The van der Waals surface area contributed by atoms with Crippen molar-refractivity contribution >= 4 is 18.2 Å². The quantitative estimate of drug-likeness (QED) is 0.841. The first kappa shape index (κ1) is 15.3. The number of benzene rings is 1. The third kappa shape index (κ3) is 2.83. The normalized spacial score (nSPS) is 21.9. The number of allylic oxidation sites excluding steroid dienone is 2. The summed E-state index contributed by atoms with van der Waals surface area (Å²) in [6, 6.07) is 8.48. The van der Waals surface area contributed by atoms with Gasteiger partial charge in [-0.15, -0.1) is 0 Å². The Morgan fingerprint density at radius 3 is 2.10 bits per heavy atom. The first-order chi connectivity index (χ1) is 9.39. The Morgan fingerprint density at radius 2 is 1.60 bits per heavy atom. The molecular formula is C16H24BNO2. The van der Waals surface area contributed by atoms with E-state index >= 15 is 0 Å². The highest BCUT2D eigenvalue weighted by atomic mass is 16.7. The molecule has 0 spiro atoms. The molecule has 0 atom stereocenters. The predicted octanol–water partition coefficient (Wildman–Crippen LogP) is 2.35. The Labute approximate surface area is 122 Å². The van der Waals surface area contributed by atoms with Gasteiger partial charge in [-0.05, 0) is 57.8 Å². The molecular weight excluding hydrogens is 249 g/mol. The number of rotatable bonds is 2. The van der Waals surface area contributed by atoms with E-state index in [9.17, 15) is 0 Å². The Bertz CT molecular complexity index is 507. The van der Waals surface area contributed by atoms with E-state index in [2.05, 4.69) is 63.8 Å². The number of hydrogen-bond donors (Lipinski definition) is 1. The van der Waals surface area contributed by atoms with Crippen LogP contribution in [-0.4, -0.2) is 25.4 Å². The summed E-state index contributed by atoms with van der Waals surface area (Å²) < 4.78 is 12.1. The van der Waals surface area contributed by atoms with Crippen LogP contribution in [0, 0.1) is 0 Å². The molecule has 1 aliphatic carbocycles. The topological polar surface area (TPSA) is 44.5 Å². The van der Waals surface area contributed by atoms with Crippen LogP contribution in [0.15, 0.2) is 30.3 Å². The monoisotopic (exact) mass is 273 g/mol. The minimum Gasteiger partial charge on any atom is -0.399 e. The molecule has 20 heavy (non-hydrogen) atoms. The van der Waals surface area contributed by atoms with Gasteiger partial charge in [0.05, 0.1) is 11.2 Å². The molecule has 0 aromatic heterocycles. The van der Waals surface area contributed by atoms with Gasteiger partial charge in [0, 0.05) is 0 Å². The van der Waals surface area contributed by atoms with E-state index < -0.39 is 0 Å². The van der Waals surface area contributed by atoms with Crippen molar-refractivity contribution in [1.29, 1.82) is 0 Å². The number of nitrogens with two attached hydrogens (primary N) is 1. The molecule has 3 nitrogen and oxygen atoms in total. The standard InChI is InChI=1S/C15H19BO2.CH5N/c1-14(2)15(3,4)18-16(17-14)13-7-5-6-12(10-13)11-8-9-11;1-2/h5-8,10H,9H2,1-4H3;2H2,1H3. The molecule has 1 aromatic carbocycles. The summed E-state index contributed by atoms with van der Waals surface area (Å²) in [7, 11) is 1.24. The zero-order valence-corrected chi connectivity index (χ0v) is 13.1. The van der Waals surface area contributed by atoms with Crippen molar-refractivity contribution < 1.29 is 9.31 Å². The van der Waals surface area contributed by atoms with Crippen molar-refractivity contribution in [3.8, 4) is 0 Å². The summed E-state index contributed by atoms with van der Waals surface area (Å²) in [4.78, 5) is 0. The molecule has 2 N–H and O–H groups in total. The molecule has 1 aliphatic heterocycles. The van der Waals surface area contributed by atoms with Crippen LogP contribution < -0.4 is 11.2 Å². The van der Waals surface area contributed by atoms with Crippen LogP contribution in [0.3, 0.4) is 0 Å². The highest BCUT2D eigenvalue weighted by Gasteiger charge is 2.51. The van der Waals surface area contributed by atoms with Gasteiger partial charge in [-0.25, -0.2) is 0 Å². The van der Waals surface area contributed by atoms with Gasteiger partial charge in [0.25, 0.3) is 0 Å². The van der Waals surface area contributed by atoms with Crippen molar-refractivity contribution in [3.63, 3.8) is 0 Å². The minimum atomic E-state index is -0.271. The predicted molar refractivity (Wildman–Crippen MR) is 84.9 cm³/mol. The molecule has 0 saturated carbocycles. The van der Waals surface area contributed by atoms with Crippen LogP contribution in [0.2, 0.25) is 0 Å². The fraction of sp³-hybridized carbons (Fsp3) is 0.500. The zero-order chi connectivity index (χ0) is 15.0. The van der Waals surface area contributed by atoms with E-state index in [0.29, 0.717) is 0 Å². The zero-order valence-electron chi connectivity index (χ0n) is 13.1. The molecule has 3 rings (SSSR count). The van der Waals surface area contributed by atoms with Crippen LogP contribution in [0.5, 0.6) is 0 Å². The SMILES string of the molecule is CC1(C)OB(c2cccc(C3=CC3)c2)OC1(C)C.CN. The largest absolute Gasteiger partial charge is 0.494 e. The molecule has 0 radical (unpaired) electrons. The second-order valence-corrected chi connectivity index (χ2v) is 6.15. The van der Waals surface area contributed by atoms with E-state index in [1.807, 2.05) is 0 Å². The van der Waals surface area contributed by atoms with Gasteiger partial charge in [-0.3, -0.25) is 0 Å². The summed E-state index contributed by atoms with van der Waals surface area (Å²) in [5, 5.41) is 0. The highest BCUT2D eigenvalue weighted by Crippen LogP contribution is 2.37. The molecule has 1 saturated heterocycles. The van der Waals surface area contributed by atoms with Gasteiger partial charge >= 0.3 is 7.12 Å². The fourth-order valence-corrected chi connectivity index (χ4v) is 2.15. The van der Waals surface area contributed by atoms with E-state index in [1.54, 1.807) is 0 Å². The van der Waals surface area contributed by atoms with Gasteiger partial charge in [0.15, 0.2) is 0 Å². The molecule has 2 aliphatic rings. The third-order valence-electron chi connectivity index (χ3n) is 4.19. The van der Waals surface area contributed by atoms with Crippen LogP contribution in [0.1, 0.15) is 39.7 Å². The third-order valence-corrected chi connectivity index (χ3v) is 4.19. The number of hydrogen-bond acceptors (Lipinski definition) is 3. The smallest absolute Gasteiger partial charge is 0.399 e. The van der Waals surface area contributed by atoms with Crippen molar-refractivity contribution in [2.75, 3.05) is 7.05 Å². The van der Waals surface area contributed by atoms with E-state index in [4.69, 9.17) is 9.31 Å². The van der Waals surface area contributed by atoms with E-state index in [1.165, 1.54) is 18.2 Å². The van der Waals surface area contributed by atoms with Crippen LogP contribution >= 0.6 is 0 Å². The molecule has 4 heteroatoms. The molecule has 1 heterocycles. The first-order valence-corrected chi connectivity index (χ1v) is 7.12. The second-order valence-electron chi connectivity index (χ2n) is 6.15. The lowest BCUT2D eigenvalue weighted by Gasteiger charge is -2.32. The average molecular weight is 273 g/mol. The summed E-state index contributed by atoms with van der Waals surface area (Å²) >= 11 is 0. The Kier molecular flexibility index (Phi) is 4.10. The van der Waals surface area contributed by atoms with Crippen LogP contribution in [-0.2, 0) is 9.31 Å². The van der Waals surface area contributed by atoms with Crippen molar-refractivity contribution in [2.24, 2.45) is 5.73 Å². The Morgan fingerprint density at radius 1 is 1.05 bits per heavy atom. The van der Waals surface area contributed by atoms with Gasteiger partial charge in [-0.1, -0.05) is 30.3 Å². The summed E-state index contributed by atoms with van der Waals surface area (Å²) in [6.07, 6.45) is 3.36. The molecule has 108 valence electrons. The first-order valence-electron chi connectivity index (χ1n) is 7.12. The summed E-state index contributed by atoms with van der Waals surface area (Å²) in [5.41, 5.74) is 7.79. The maximum atomic E-state index is 6.06. The van der Waals surface area contributed by atoms with Crippen molar-refractivity contribution in [2.45, 2.75) is 45.3 Å². The van der Waals surface area contributed by atoms with Gasteiger partial charge in [0.1, 0.15) is 0 Å². The van der Waals surface area contributed by atoms with Gasteiger partial charge < -0.3 is 15.0 Å². The van der Waals surface area contributed by atoms with Gasteiger partial charge in [0.2, 0.25) is 0 Å². The maximum absolute atomic E-state index is 6.06. The molecule has 0 bridgehead atoms. The lowest BCUT2D eigenvalue weighted by atomic mass is 9.78.